The molecule has 4 heteroatoms. The van der Waals surface area contributed by atoms with E-state index in [-0.39, 0.29) is 11.9 Å². The van der Waals surface area contributed by atoms with Crippen LogP contribution in [-0.4, -0.2) is 25.7 Å². The van der Waals surface area contributed by atoms with Crippen LogP contribution in [-0.2, 0) is 19.1 Å². The van der Waals surface area contributed by atoms with Crippen LogP contribution >= 0.6 is 0 Å². The highest BCUT2D eigenvalue weighted by atomic mass is 16.5. The fraction of sp³-hybridized carbons (Fsp3) is 0.818. The van der Waals surface area contributed by atoms with Gasteiger partial charge in [0.2, 0.25) is 0 Å². The lowest BCUT2D eigenvalue weighted by Gasteiger charge is -2.02. The predicted octanol–water partition coefficient (Wildman–Crippen LogP) is 2.06. The van der Waals surface area contributed by atoms with Crippen LogP contribution in [0.25, 0.3) is 0 Å². The van der Waals surface area contributed by atoms with Gasteiger partial charge in [0.05, 0.1) is 13.7 Å². The molecule has 0 amide bonds. The molecule has 0 aliphatic rings. The number of hydrogen-bond donors (Lipinski definition) is 0. The number of unbranched alkanes of at least 4 members (excludes halogenated alkanes) is 4. The third-order valence-corrected chi connectivity index (χ3v) is 2.06. The summed E-state index contributed by atoms with van der Waals surface area (Å²) in [6.45, 7) is 1.92. The van der Waals surface area contributed by atoms with E-state index in [0.29, 0.717) is 13.0 Å². The lowest BCUT2D eigenvalue weighted by molar-refractivity contribution is -0.142. The van der Waals surface area contributed by atoms with E-state index in [4.69, 9.17) is 4.74 Å². The maximum absolute atomic E-state index is 10.7. The first kappa shape index (κ1) is 13.9. The first-order chi connectivity index (χ1) is 7.16. The van der Waals surface area contributed by atoms with Crippen LogP contribution in [0.4, 0.5) is 0 Å². The zero-order valence-electron chi connectivity index (χ0n) is 9.58. The number of esters is 2. The van der Waals surface area contributed by atoms with Crippen molar-refractivity contribution in [2.24, 2.45) is 0 Å². The molecule has 88 valence electrons. The lowest BCUT2D eigenvalue weighted by Crippen LogP contribution is -2.00. The quantitative estimate of drug-likeness (QED) is 0.460. The van der Waals surface area contributed by atoms with Gasteiger partial charge in [0, 0.05) is 13.3 Å². The molecule has 0 spiro atoms. The second-order valence-electron chi connectivity index (χ2n) is 3.43. The van der Waals surface area contributed by atoms with Crippen molar-refractivity contribution in [3.8, 4) is 0 Å². The van der Waals surface area contributed by atoms with Crippen LogP contribution in [0, 0.1) is 0 Å². The van der Waals surface area contributed by atoms with Crippen molar-refractivity contribution < 1.29 is 19.1 Å². The van der Waals surface area contributed by atoms with Gasteiger partial charge in [-0.25, -0.2) is 0 Å². The summed E-state index contributed by atoms with van der Waals surface area (Å²) in [6.07, 6.45) is 5.40. The monoisotopic (exact) mass is 216 g/mol. The van der Waals surface area contributed by atoms with E-state index < -0.39 is 0 Å². The molecule has 0 atom stereocenters. The van der Waals surface area contributed by atoms with Crippen LogP contribution < -0.4 is 0 Å². The van der Waals surface area contributed by atoms with E-state index in [0.717, 1.165) is 32.1 Å². The van der Waals surface area contributed by atoms with Crippen molar-refractivity contribution in [3.05, 3.63) is 0 Å². The van der Waals surface area contributed by atoms with Crippen LogP contribution in [0.1, 0.15) is 45.4 Å². The van der Waals surface area contributed by atoms with Crippen LogP contribution in [0.5, 0.6) is 0 Å². The van der Waals surface area contributed by atoms with Gasteiger partial charge in [0.25, 0.3) is 0 Å². The van der Waals surface area contributed by atoms with Crippen LogP contribution in [0.3, 0.4) is 0 Å². The fourth-order valence-electron chi connectivity index (χ4n) is 1.22. The average molecular weight is 216 g/mol. The molecule has 0 aromatic rings. The Labute approximate surface area is 90.9 Å². The van der Waals surface area contributed by atoms with Gasteiger partial charge < -0.3 is 9.47 Å². The summed E-state index contributed by atoms with van der Waals surface area (Å²) in [7, 11) is 1.40. The van der Waals surface area contributed by atoms with Gasteiger partial charge in [-0.05, 0) is 12.8 Å². The molecule has 0 rings (SSSR count). The Kier molecular flexibility index (Phi) is 8.82. The molecule has 0 saturated carbocycles. The summed E-state index contributed by atoms with van der Waals surface area (Å²) in [5.41, 5.74) is 0. The molecule has 0 aromatic carbocycles. The van der Waals surface area contributed by atoms with Crippen LogP contribution in [0.2, 0.25) is 0 Å². The van der Waals surface area contributed by atoms with Gasteiger partial charge in [-0.2, -0.15) is 0 Å². The summed E-state index contributed by atoms with van der Waals surface area (Å²) in [4.78, 5) is 21.2. The van der Waals surface area contributed by atoms with Crippen molar-refractivity contribution in [1.82, 2.24) is 0 Å². The van der Waals surface area contributed by atoms with Gasteiger partial charge in [-0.3, -0.25) is 9.59 Å². The Hall–Kier alpha value is -1.06. The summed E-state index contributed by atoms with van der Waals surface area (Å²) >= 11 is 0. The maximum Gasteiger partial charge on any atom is 0.305 e. The first-order valence-corrected chi connectivity index (χ1v) is 5.37. The van der Waals surface area contributed by atoms with E-state index in [1.54, 1.807) is 0 Å². The highest BCUT2D eigenvalue weighted by Gasteiger charge is 1.99. The van der Waals surface area contributed by atoms with Crippen molar-refractivity contribution in [3.63, 3.8) is 0 Å². The Balaban J connectivity index is 3.05. The number of ether oxygens (including phenoxy) is 2. The predicted molar refractivity (Wildman–Crippen MR) is 56.4 cm³/mol. The molecule has 15 heavy (non-hydrogen) atoms. The normalized spacial score (nSPS) is 9.73. The number of rotatable bonds is 8. The Morgan fingerprint density at radius 3 is 2.20 bits per heavy atom. The number of carbonyl (C=O) groups is 2. The molecule has 0 aromatic heterocycles. The topological polar surface area (TPSA) is 52.6 Å². The molecular weight excluding hydrogens is 196 g/mol. The molecule has 0 unspecified atom stereocenters. The highest BCUT2D eigenvalue weighted by Crippen LogP contribution is 2.06. The zero-order valence-corrected chi connectivity index (χ0v) is 9.58. The summed E-state index contributed by atoms with van der Waals surface area (Å²) in [6, 6.07) is 0. The van der Waals surface area contributed by atoms with Gasteiger partial charge in [0.1, 0.15) is 0 Å². The molecule has 0 bridgehead atoms. The van der Waals surface area contributed by atoms with Crippen molar-refractivity contribution >= 4 is 11.9 Å². The van der Waals surface area contributed by atoms with Gasteiger partial charge >= 0.3 is 11.9 Å². The first-order valence-electron chi connectivity index (χ1n) is 5.37. The van der Waals surface area contributed by atoms with Crippen LogP contribution in [0.15, 0.2) is 0 Å². The second kappa shape index (κ2) is 9.49. The molecule has 4 nitrogen and oxygen atoms in total. The molecule has 0 aliphatic heterocycles. The van der Waals surface area contributed by atoms with E-state index in [1.165, 1.54) is 14.0 Å². The highest BCUT2D eigenvalue weighted by molar-refractivity contribution is 5.68. The minimum Gasteiger partial charge on any atom is -0.469 e. The second-order valence-corrected chi connectivity index (χ2v) is 3.43. The Morgan fingerprint density at radius 2 is 1.60 bits per heavy atom. The smallest absolute Gasteiger partial charge is 0.305 e. The average Bonchev–Trinajstić information content (AvgIpc) is 2.21. The fourth-order valence-corrected chi connectivity index (χ4v) is 1.22. The SMILES string of the molecule is COC(=O)CCCCCCCOC(C)=O. The summed E-state index contributed by atoms with van der Waals surface area (Å²) in [5, 5.41) is 0. The molecule has 0 N–H and O–H groups in total. The maximum atomic E-state index is 10.7. The minimum absolute atomic E-state index is 0.144. The number of carbonyl (C=O) groups excluding carboxylic acids is 2. The van der Waals surface area contributed by atoms with Crippen molar-refractivity contribution in [2.45, 2.75) is 45.4 Å². The molecule has 0 heterocycles. The molecule has 0 saturated heterocycles. The van der Waals surface area contributed by atoms with Crippen molar-refractivity contribution in [2.75, 3.05) is 13.7 Å². The standard InChI is InChI=1S/C11H20O4/c1-10(12)15-9-7-5-3-4-6-8-11(13)14-2/h3-9H2,1-2H3. The van der Waals surface area contributed by atoms with Gasteiger partial charge in [-0.15, -0.1) is 0 Å². The van der Waals surface area contributed by atoms with Gasteiger partial charge in [0.15, 0.2) is 0 Å². The third kappa shape index (κ3) is 10.9. The van der Waals surface area contributed by atoms with E-state index in [2.05, 4.69) is 4.74 Å². The van der Waals surface area contributed by atoms with E-state index in [9.17, 15) is 9.59 Å². The molecule has 0 radical (unpaired) electrons. The lowest BCUT2D eigenvalue weighted by atomic mass is 10.1. The summed E-state index contributed by atoms with van der Waals surface area (Å²) < 4.78 is 9.32. The third-order valence-electron chi connectivity index (χ3n) is 2.06. The molecule has 0 aliphatic carbocycles. The summed E-state index contributed by atoms with van der Waals surface area (Å²) in [5.74, 6) is -0.365. The largest absolute Gasteiger partial charge is 0.469 e. The number of hydrogen-bond acceptors (Lipinski definition) is 4. The number of methoxy groups -OCH3 is 1. The molecule has 0 fully saturated rings. The Morgan fingerprint density at radius 1 is 1.00 bits per heavy atom. The minimum atomic E-state index is -0.222. The Bertz CT molecular complexity index is 189. The van der Waals surface area contributed by atoms with E-state index in [1.807, 2.05) is 0 Å². The molecular formula is C11H20O4. The zero-order chi connectivity index (χ0) is 11.5. The van der Waals surface area contributed by atoms with E-state index >= 15 is 0 Å². The van der Waals surface area contributed by atoms with Crippen molar-refractivity contribution in [1.29, 1.82) is 0 Å². The van der Waals surface area contributed by atoms with Gasteiger partial charge in [-0.1, -0.05) is 19.3 Å².